The van der Waals surface area contributed by atoms with Gasteiger partial charge in [-0.1, -0.05) is 110 Å². The monoisotopic (exact) mass is 343 g/mol. The van der Waals surface area contributed by atoms with Crippen LogP contribution in [0.5, 0.6) is 0 Å². The molecule has 0 radical (unpaired) electrons. The van der Waals surface area contributed by atoms with Gasteiger partial charge in [-0.3, -0.25) is 4.84 Å². The Hall–Kier alpha value is -2.68. The zero-order valence-electron chi connectivity index (χ0n) is 15.1. The van der Waals surface area contributed by atoms with Gasteiger partial charge in [0, 0.05) is 0 Å². The van der Waals surface area contributed by atoms with Gasteiger partial charge < -0.3 is 0 Å². The van der Waals surface area contributed by atoms with E-state index in [1.54, 1.807) is 0 Å². The molecule has 2 nitrogen and oxygen atoms in total. The second-order valence-corrected chi connectivity index (χ2v) is 6.20. The molecule has 0 bridgehead atoms. The molecule has 0 heterocycles. The van der Waals surface area contributed by atoms with Gasteiger partial charge in [-0.05, 0) is 23.1 Å². The van der Waals surface area contributed by atoms with Crippen molar-refractivity contribution in [3.8, 4) is 0 Å². The summed E-state index contributed by atoms with van der Waals surface area (Å²) in [6.07, 6.45) is 5.19. The van der Waals surface area contributed by atoms with Gasteiger partial charge in [0.05, 0.1) is 6.04 Å². The van der Waals surface area contributed by atoms with Gasteiger partial charge in [-0.2, -0.15) is 5.48 Å². The van der Waals surface area contributed by atoms with Crippen LogP contribution in [-0.4, -0.2) is 0 Å². The highest BCUT2D eigenvalue weighted by molar-refractivity contribution is 5.50. The molecule has 3 aromatic rings. The molecule has 0 amide bonds. The van der Waals surface area contributed by atoms with Crippen molar-refractivity contribution in [2.45, 2.75) is 25.5 Å². The zero-order valence-corrected chi connectivity index (χ0v) is 15.1. The van der Waals surface area contributed by atoms with Crippen molar-refractivity contribution in [3.05, 3.63) is 114 Å². The standard InChI is InChI=1S/C24H25NO/c1-2-24(22-16-10-5-11-17-22)26-25-23(21-14-8-4-9-15-21)19-18-20-12-6-3-7-13-20/h3-19,23-25H,2H2,1H3/b19-18+/t23-,24-/m1/s1. The van der Waals surface area contributed by atoms with Crippen LogP contribution in [-0.2, 0) is 4.84 Å². The molecule has 0 unspecified atom stereocenters. The Morgan fingerprint density at radius 1 is 0.769 bits per heavy atom. The predicted molar refractivity (Wildman–Crippen MR) is 108 cm³/mol. The summed E-state index contributed by atoms with van der Waals surface area (Å²) in [5.41, 5.74) is 6.79. The van der Waals surface area contributed by atoms with E-state index in [4.69, 9.17) is 4.84 Å². The first-order chi connectivity index (χ1) is 12.9. The molecule has 0 saturated heterocycles. The van der Waals surface area contributed by atoms with Crippen molar-refractivity contribution in [2.24, 2.45) is 0 Å². The molecule has 0 aliphatic rings. The molecule has 0 aliphatic heterocycles. The molecule has 132 valence electrons. The second-order valence-electron chi connectivity index (χ2n) is 6.20. The molecule has 0 aliphatic carbocycles. The first kappa shape index (κ1) is 18.1. The highest BCUT2D eigenvalue weighted by atomic mass is 16.7. The van der Waals surface area contributed by atoms with Crippen molar-refractivity contribution >= 4 is 6.08 Å². The minimum Gasteiger partial charge on any atom is -0.293 e. The van der Waals surface area contributed by atoms with Crippen LogP contribution in [0.4, 0.5) is 0 Å². The van der Waals surface area contributed by atoms with E-state index in [1.807, 2.05) is 42.5 Å². The maximum atomic E-state index is 6.08. The van der Waals surface area contributed by atoms with Crippen LogP contribution < -0.4 is 5.48 Å². The minimum absolute atomic E-state index is 0.0193. The van der Waals surface area contributed by atoms with Crippen molar-refractivity contribution in [1.82, 2.24) is 5.48 Å². The van der Waals surface area contributed by atoms with Gasteiger partial charge in [0.25, 0.3) is 0 Å². The van der Waals surface area contributed by atoms with Crippen LogP contribution in [0.15, 0.2) is 97.1 Å². The van der Waals surface area contributed by atoms with E-state index in [2.05, 4.69) is 73.1 Å². The third-order valence-electron chi connectivity index (χ3n) is 4.32. The van der Waals surface area contributed by atoms with Gasteiger partial charge in [0.15, 0.2) is 0 Å². The first-order valence-corrected chi connectivity index (χ1v) is 9.11. The van der Waals surface area contributed by atoms with E-state index in [9.17, 15) is 0 Å². The van der Waals surface area contributed by atoms with Crippen LogP contribution in [0, 0.1) is 0 Å². The van der Waals surface area contributed by atoms with Crippen LogP contribution >= 0.6 is 0 Å². The lowest BCUT2D eigenvalue weighted by Gasteiger charge is -2.21. The summed E-state index contributed by atoms with van der Waals surface area (Å²) in [4.78, 5) is 6.08. The summed E-state index contributed by atoms with van der Waals surface area (Å²) >= 11 is 0. The van der Waals surface area contributed by atoms with Crippen LogP contribution in [0.2, 0.25) is 0 Å². The molecular formula is C24H25NO. The van der Waals surface area contributed by atoms with Gasteiger partial charge in [-0.25, -0.2) is 0 Å². The fourth-order valence-electron chi connectivity index (χ4n) is 2.86. The molecule has 3 aromatic carbocycles. The Bertz CT molecular complexity index is 784. The summed E-state index contributed by atoms with van der Waals surface area (Å²) in [6, 6.07) is 31.0. The lowest BCUT2D eigenvalue weighted by molar-refractivity contribution is -0.0404. The number of hydrogen-bond donors (Lipinski definition) is 1. The summed E-state index contributed by atoms with van der Waals surface area (Å²) in [5.74, 6) is 0. The number of hydroxylamine groups is 1. The normalized spacial score (nSPS) is 13.6. The van der Waals surface area contributed by atoms with Gasteiger partial charge in [-0.15, -0.1) is 0 Å². The van der Waals surface area contributed by atoms with Crippen molar-refractivity contribution in [3.63, 3.8) is 0 Å². The Morgan fingerprint density at radius 2 is 1.31 bits per heavy atom. The summed E-state index contributed by atoms with van der Waals surface area (Å²) in [5, 5.41) is 0. The maximum Gasteiger partial charge on any atom is 0.104 e. The first-order valence-electron chi connectivity index (χ1n) is 9.11. The average Bonchev–Trinajstić information content (AvgIpc) is 2.73. The van der Waals surface area contributed by atoms with Gasteiger partial charge in [0.2, 0.25) is 0 Å². The number of benzene rings is 3. The van der Waals surface area contributed by atoms with E-state index < -0.39 is 0 Å². The van der Waals surface area contributed by atoms with Crippen LogP contribution in [0.25, 0.3) is 6.08 Å². The Morgan fingerprint density at radius 3 is 1.88 bits per heavy atom. The number of hydrogen-bond acceptors (Lipinski definition) is 2. The number of rotatable bonds is 8. The second kappa shape index (κ2) is 9.71. The molecule has 2 atom stereocenters. The lowest BCUT2D eigenvalue weighted by Crippen LogP contribution is -2.22. The van der Waals surface area contributed by atoms with Crippen molar-refractivity contribution in [1.29, 1.82) is 0 Å². The average molecular weight is 343 g/mol. The zero-order chi connectivity index (χ0) is 18.0. The maximum absolute atomic E-state index is 6.08. The van der Waals surface area contributed by atoms with E-state index >= 15 is 0 Å². The minimum atomic E-state index is -0.0193. The fraction of sp³-hybridized carbons (Fsp3) is 0.167. The SMILES string of the molecule is CC[C@@H](ON[C@H](/C=C/c1ccccc1)c1ccccc1)c1ccccc1. The van der Waals surface area contributed by atoms with Gasteiger partial charge >= 0.3 is 0 Å². The lowest BCUT2D eigenvalue weighted by atomic mass is 10.1. The molecule has 0 saturated carbocycles. The molecule has 0 fully saturated rings. The van der Waals surface area contributed by atoms with E-state index in [0.29, 0.717) is 0 Å². The van der Waals surface area contributed by atoms with E-state index in [1.165, 1.54) is 16.7 Å². The smallest absolute Gasteiger partial charge is 0.104 e. The highest BCUT2D eigenvalue weighted by Crippen LogP contribution is 2.22. The van der Waals surface area contributed by atoms with Crippen molar-refractivity contribution < 1.29 is 4.84 Å². The molecule has 26 heavy (non-hydrogen) atoms. The van der Waals surface area contributed by atoms with E-state index in [0.717, 1.165) is 6.42 Å². The molecule has 2 heteroatoms. The van der Waals surface area contributed by atoms with Crippen LogP contribution in [0.1, 0.15) is 42.2 Å². The quantitative estimate of drug-likeness (QED) is 0.498. The van der Waals surface area contributed by atoms with Crippen LogP contribution in [0.3, 0.4) is 0 Å². The Labute approximate surface area is 156 Å². The third kappa shape index (κ3) is 5.16. The Kier molecular flexibility index (Phi) is 6.77. The van der Waals surface area contributed by atoms with Crippen molar-refractivity contribution in [2.75, 3.05) is 0 Å². The highest BCUT2D eigenvalue weighted by Gasteiger charge is 2.13. The molecule has 0 aromatic heterocycles. The van der Waals surface area contributed by atoms with E-state index in [-0.39, 0.29) is 12.1 Å². The Balaban J connectivity index is 1.74. The largest absolute Gasteiger partial charge is 0.293 e. The number of nitrogens with one attached hydrogen (secondary N) is 1. The predicted octanol–water partition coefficient (Wildman–Crippen LogP) is 6.11. The molecule has 3 rings (SSSR count). The fourth-order valence-corrected chi connectivity index (χ4v) is 2.86. The summed E-state index contributed by atoms with van der Waals surface area (Å²) in [7, 11) is 0. The summed E-state index contributed by atoms with van der Waals surface area (Å²) < 4.78 is 0. The topological polar surface area (TPSA) is 21.3 Å². The molecular weight excluding hydrogens is 318 g/mol. The molecule has 1 N–H and O–H groups in total. The summed E-state index contributed by atoms with van der Waals surface area (Å²) in [6.45, 7) is 2.14. The molecule has 0 spiro atoms. The van der Waals surface area contributed by atoms with Gasteiger partial charge in [0.1, 0.15) is 6.10 Å². The third-order valence-corrected chi connectivity index (χ3v) is 4.32.